The third kappa shape index (κ3) is 9.86. The number of hydrogen-bond donors (Lipinski definition) is 2. The molecule has 194 valence electrons. The second kappa shape index (κ2) is 17.1. The average Bonchev–Trinajstić information content (AvgIpc) is 2.80. The second-order valence-corrected chi connectivity index (χ2v) is 9.75. The highest BCUT2D eigenvalue weighted by molar-refractivity contribution is 7.89. The van der Waals surface area contributed by atoms with Crippen LogP contribution in [-0.4, -0.2) is 50.4 Å². The molecule has 3 N–H and O–H groups in total. The molecule has 0 saturated carbocycles. The molecule has 6 nitrogen and oxygen atoms in total. The first-order chi connectivity index (χ1) is 15.5. The molecular formula is C24H32Cl4N4O2S. The zero-order valence-electron chi connectivity index (χ0n) is 19.2. The Morgan fingerprint density at radius 1 is 1.00 bits per heavy atom. The van der Waals surface area contributed by atoms with Gasteiger partial charge in [-0.15, -0.1) is 37.2 Å². The minimum atomic E-state index is -3.65. The Hall–Kier alpha value is -1.42. The van der Waals surface area contributed by atoms with Crippen LogP contribution in [0.15, 0.2) is 71.9 Å². The molecule has 0 aliphatic rings. The maximum atomic E-state index is 13.5. The lowest BCUT2D eigenvalue weighted by molar-refractivity contribution is 0.398. The molecule has 0 aliphatic carbocycles. The summed E-state index contributed by atoms with van der Waals surface area (Å²) in [5.74, 6) is 0. The van der Waals surface area contributed by atoms with E-state index >= 15 is 0 Å². The van der Waals surface area contributed by atoms with E-state index in [-0.39, 0.29) is 37.2 Å². The van der Waals surface area contributed by atoms with Crippen LogP contribution in [0.25, 0.3) is 16.8 Å². The number of unbranched alkanes of at least 4 members (excludes halogenated alkanes) is 1. The Bertz CT molecular complexity index is 1140. The summed E-state index contributed by atoms with van der Waals surface area (Å²) >= 11 is 5.90. The molecule has 0 bridgehead atoms. The first-order valence-electron chi connectivity index (χ1n) is 10.7. The predicted octanol–water partition coefficient (Wildman–Crippen LogP) is 5.19. The van der Waals surface area contributed by atoms with Crippen molar-refractivity contribution in [2.24, 2.45) is 5.73 Å². The molecule has 0 fully saturated rings. The Labute approximate surface area is 231 Å². The fraction of sp³-hybridized carbons (Fsp3) is 0.292. The fourth-order valence-corrected chi connectivity index (χ4v) is 5.22. The second-order valence-electron chi connectivity index (χ2n) is 7.41. The van der Waals surface area contributed by atoms with E-state index in [2.05, 4.69) is 10.3 Å². The van der Waals surface area contributed by atoms with E-state index in [0.29, 0.717) is 48.0 Å². The van der Waals surface area contributed by atoms with Crippen LogP contribution in [0.4, 0.5) is 0 Å². The highest BCUT2D eigenvalue weighted by atomic mass is 35.5. The van der Waals surface area contributed by atoms with Crippen molar-refractivity contribution in [3.8, 4) is 0 Å². The molecule has 2 aromatic carbocycles. The Kier molecular flexibility index (Phi) is 16.4. The Morgan fingerprint density at radius 3 is 2.46 bits per heavy atom. The number of halogens is 4. The lowest BCUT2D eigenvalue weighted by Crippen LogP contribution is -2.38. The number of benzene rings is 2. The van der Waals surface area contributed by atoms with Crippen LogP contribution in [0.1, 0.15) is 18.4 Å². The van der Waals surface area contributed by atoms with Crippen molar-refractivity contribution >= 4 is 75.7 Å². The van der Waals surface area contributed by atoms with Gasteiger partial charge in [-0.05, 0) is 49.2 Å². The number of sulfonamides is 1. The third-order valence-electron chi connectivity index (χ3n) is 5.10. The molecule has 3 aromatic rings. The van der Waals surface area contributed by atoms with Crippen molar-refractivity contribution in [2.75, 3.05) is 32.7 Å². The summed E-state index contributed by atoms with van der Waals surface area (Å²) in [6.45, 7) is 2.53. The third-order valence-corrected chi connectivity index (χ3v) is 7.31. The van der Waals surface area contributed by atoms with Crippen molar-refractivity contribution in [2.45, 2.75) is 17.7 Å². The SMILES string of the molecule is Cl.Cl.Cl.NCCCCN(CCNC/C=C/c1ccc(Cl)cc1)S(=O)(=O)c1cccc2cnccc12. The normalized spacial score (nSPS) is 11.2. The van der Waals surface area contributed by atoms with Gasteiger partial charge in [0.15, 0.2) is 0 Å². The van der Waals surface area contributed by atoms with E-state index in [1.54, 1.807) is 34.9 Å². The maximum absolute atomic E-state index is 13.5. The fourth-order valence-electron chi connectivity index (χ4n) is 3.40. The molecule has 1 aromatic heterocycles. The van der Waals surface area contributed by atoms with Crippen LogP contribution >= 0.6 is 48.8 Å². The van der Waals surface area contributed by atoms with Gasteiger partial charge in [-0.1, -0.05) is 48.0 Å². The van der Waals surface area contributed by atoms with E-state index < -0.39 is 10.0 Å². The molecule has 3 rings (SSSR count). The van der Waals surface area contributed by atoms with Gasteiger partial charge in [-0.2, -0.15) is 4.31 Å². The molecule has 0 saturated heterocycles. The minimum absolute atomic E-state index is 0. The number of rotatable bonds is 12. The average molecular weight is 582 g/mol. The van der Waals surface area contributed by atoms with Gasteiger partial charge in [-0.3, -0.25) is 4.98 Å². The Balaban J connectivity index is 0.00000385. The summed E-state index contributed by atoms with van der Waals surface area (Å²) in [6.07, 6.45) is 8.81. The van der Waals surface area contributed by atoms with Crippen molar-refractivity contribution in [1.82, 2.24) is 14.6 Å². The number of aromatic nitrogens is 1. The van der Waals surface area contributed by atoms with Gasteiger partial charge in [0.25, 0.3) is 0 Å². The quantitative estimate of drug-likeness (QED) is 0.287. The lowest BCUT2D eigenvalue weighted by Gasteiger charge is -2.23. The number of nitrogens with zero attached hydrogens (tertiary/aromatic N) is 2. The largest absolute Gasteiger partial charge is 0.330 e. The van der Waals surface area contributed by atoms with Gasteiger partial charge in [0, 0.05) is 54.4 Å². The van der Waals surface area contributed by atoms with Gasteiger partial charge in [-0.25, -0.2) is 8.42 Å². The smallest absolute Gasteiger partial charge is 0.243 e. The summed E-state index contributed by atoms with van der Waals surface area (Å²) in [5.41, 5.74) is 6.68. The lowest BCUT2D eigenvalue weighted by atomic mass is 10.2. The van der Waals surface area contributed by atoms with Gasteiger partial charge in [0.05, 0.1) is 4.90 Å². The minimum Gasteiger partial charge on any atom is -0.330 e. The van der Waals surface area contributed by atoms with Crippen molar-refractivity contribution in [3.63, 3.8) is 0 Å². The van der Waals surface area contributed by atoms with Crippen molar-refractivity contribution in [3.05, 3.63) is 77.6 Å². The van der Waals surface area contributed by atoms with Gasteiger partial charge >= 0.3 is 0 Å². The van der Waals surface area contributed by atoms with Crippen LogP contribution in [0.3, 0.4) is 0 Å². The molecule has 0 aliphatic heterocycles. The van der Waals surface area contributed by atoms with Crippen LogP contribution in [0.2, 0.25) is 5.02 Å². The van der Waals surface area contributed by atoms with Crippen LogP contribution in [0, 0.1) is 0 Å². The molecule has 0 amide bonds. The zero-order chi connectivity index (χ0) is 22.8. The highest BCUT2D eigenvalue weighted by Gasteiger charge is 2.25. The first-order valence-corrected chi connectivity index (χ1v) is 12.5. The molecular weight excluding hydrogens is 550 g/mol. The van der Waals surface area contributed by atoms with E-state index in [1.807, 2.05) is 42.5 Å². The van der Waals surface area contributed by atoms with E-state index in [9.17, 15) is 8.42 Å². The molecule has 1 heterocycles. The number of nitrogens with one attached hydrogen (secondary N) is 1. The highest BCUT2D eigenvalue weighted by Crippen LogP contribution is 2.25. The van der Waals surface area contributed by atoms with Crippen molar-refractivity contribution in [1.29, 1.82) is 0 Å². The predicted molar refractivity (Wildman–Crippen MR) is 154 cm³/mol. The van der Waals surface area contributed by atoms with Gasteiger partial charge in [0.1, 0.15) is 0 Å². The summed E-state index contributed by atoms with van der Waals surface area (Å²) < 4.78 is 28.5. The number of hydrogen-bond acceptors (Lipinski definition) is 5. The van der Waals surface area contributed by atoms with E-state index in [4.69, 9.17) is 17.3 Å². The number of pyridine rings is 1. The monoisotopic (exact) mass is 580 g/mol. The van der Waals surface area contributed by atoms with Crippen LogP contribution in [-0.2, 0) is 10.0 Å². The van der Waals surface area contributed by atoms with Crippen LogP contribution in [0.5, 0.6) is 0 Å². The topological polar surface area (TPSA) is 88.3 Å². The molecule has 11 heteroatoms. The zero-order valence-corrected chi connectivity index (χ0v) is 23.2. The number of fused-ring (bicyclic) bond motifs is 1. The molecule has 0 spiro atoms. The van der Waals surface area contributed by atoms with Crippen molar-refractivity contribution < 1.29 is 8.42 Å². The summed E-state index contributed by atoms with van der Waals surface area (Å²) in [4.78, 5) is 4.41. The molecule has 0 radical (unpaired) electrons. The first kappa shape index (κ1) is 33.6. The van der Waals surface area contributed by atoms with E-state index in [0.717, 1.165) is 23.8 Å². The number of nitrogens with two attached hydrogens (primary N) is 1. The molecule has 35 heavy (non-hydrogen) atoms. The standard InChI is InChI=1S/C24H29ClN4O2S.3ClH/c25-22-10-8-20(9-11-22)5-4-14-27-16-18-29(17-2-1-13-26)32(30,31)24-7-3-6-21-19-28-15-12-23(21)24;;;/h3-12,15,19,27H,1-2,13-14,16-18,26H2;3*1H/b5-4+;;;. The molecule has 0 atom stereocenters. The van der Waals surface area contributed by atoms with Gasteiger partial charge < -0.3 is 11.1 Å². The summed E-state index contributed by atoms with van der Waals surface area (Å²) in [6, 6.07) is 14.6. The van der Waals surface area contributed by atoms with Crippen LogP contribution < -0.4 is 11.1 Å². The van der Waals surface area contributed by atoms with Gasteiger partial charge in [0.2, 0.25) is 10.0 Å². The summed E-state index contributed by atoms with van der Waals surface area (Å²) in [5, 5.41) is 5.49. The summed E-state index contributed by atoms with van der Waals surface area (Å²) in [7, 11) is -3.65. The molecule has 0 unspecified atom stereocenters. The Morgan fingerprint density at radius 2 is 1.74 bits per heavy atom. The maximum Gasteiger partial charge on any atom is 0.243 e. The van der Waals surface area contributed by atoms with E-state index in [1.165, 1.54) is 0 Å².